The Morgan fingerprint density at radius 3 is 2.48 bits per heavy atom. The van der Waals surface area contributed by atoms with Gasteiger partial charge in [0.15, 0.2) is 0 Å². The Kier molecular flexibility index (Phi) is 5.56. The van der Waals surface area contributed by atoms with Crippen molar-refractivity contribution < 1.29 is 13.5 Å². The predicted octanol–water partition coefficient (Wildman–Crippen LogP) is 3.18. The Hall–Kier alpha value is -0.730. The smallest absolute Gasteiger partial charge is 0.242 e. The largest absolute Gasteiger partial charge is 0.392 e. The van der Waals surface area contributed by atoms with Gasteiger partial charge in [0.2, 0.25) is 10.0 Å². The fourth-order valence-electron chi connectivity index (χ4n) is 1.76. The van der Waals surface area contributed by atoms with Gasteiger partial charge in [0, 0.05) is 15.5 Å². The molecule has 112 valence electrons. The minimum absolute atomic E-state index is 0.115. The van der Waals surface area contributed by atoms with E-state index in [-0.39, 0.29) is 18.0 Å². The highest BCUT2D eigenvalue weighted by molar-refractivity contribution is 9.10. The zero-order valence-electron chi connectivity index (χ0n) is 10.9. The van der Waals surface area contributed by atoms with E-state index in [0.29, 0.717) is 10.0 Å². The summed E-state index contributed by atoms with van der Waals surface area (Å²) in [6, 6.07) is 12.1. The second-order valence-corrected chi connectivity index (χ2v) is 7.88. The predicted molar refractivity (Wildman–Crippen MR) is 88.2 cm³/mol. The van der Waals surface area contributed by atoms with Gasteiger partial charge in [0.1, 0.15) is 0 Å². The molecule has 21 heavy (non-hydrogen) atoms. The molecule has 0 aliphatic heterocycles. The van der Waals surface area contributed by atoms with Crippen LogP contribution in [0, 0.1) is 0 Å². The molecule has 0 fully saturated rings. The van der Waals surface area contributed by atoms with E-state index in [9.17, 15) is 8.42 Å². The molecule has 4 nitrogen and oxygen atoms in total. The molecular formula is C14H13Br2NO3S. The van der Waals surface area contributed by atoms with Gasteiger partial charge >= 0.3 is 0 Å². The molecule has 0 saturated heterocycles. The van der Waals surface area contributed by atoms with E-state index < -0.39 is 10.0 Å². The maximum absolute atomic E-state index is 12.3. The molecule has 0 radical (unpaired) electrons. The van der Waals surface area contributed by atoms with Crippen LogP contribution in [-0.2, 0) is 23.2 Å². The average molecular weight is 435 g/mol. The van der Waals surface area contributed by atoms with Gasteiger partial charge in [-0.05, 0) is 51.3 Å². The number of halogens is 2. The Morgan fingerprint density at radius 1 is 1.05 bits per heavy atom. The first-order valence-electron chi connectivity index (χ1n) is 6.06. The normalized spacial score (nSPS) is 11.6. The highest BCUT2D eigenvalue weighted by atomic mass is 79.9. The van der Waals surface area contributed by atoms with Crippen LogP contribution in [0.4, 0.5) is 0 Å². The summed E-state index contributed by atoms with van der Waals surface area (Å²) in [5.41, 5.74) is 1.39. The molecule has 0 saturated carbocycles. The van der Waals surface area contributed by atoms with Crippen LogP contribution in [0.3, 0.4) is 0 Å². The first-order valence-corrected chi connectivity index (χ1v) is 9.12. The van der Waals surface area contributed by atoms with E-state index in [4.69, 9.17) is 5.11 Å². The third kappa shape index (κ3) is 4.37. The summed E-state index contributed by atoms with van der Waals surface area (Å²) < 4.78 is 28.6. The highest BCUT2D eigenvalue weighted by Gasteiger charge is 2.18. The number of benzene rings is 2. The highest BCUT2D eigenvalue weighted by Crippen LogP contribution is 2.23. The van der Waals surface area contributed by atoms with Crippen LogP contribution in [-0.4, -0.2) is 13.5 Å². The average Bonchev–Trinajstić information content (AvgIpc) is 2.46. The molecule has 0 atom stereocenters. The van der Waals surface area contributed by atoms with Crippen LogP contribution >= 0.6 is 31.9 Å². The molecule has 2 aromatic rings. The van der Waals surface area contributed by atoms with Crippen molar-refractivity contribution in [3.63, 3.8) is 0 Å². The minimum atomic E-state index is -3.66. The molecule has 2 aromatic carbocycles. The second-order valence-electron chi connectivity index (χ2n) is 4.38. The van der Waals surface area contributed by atoms with Crippen molar-refractivity contribution in [3.05, 3.63) is 62.5 Å². The number of rotatable bonds is 5. The van der Waals surface area contributed by atoms with E-state index >= 15 is 0 Å². The third-order valence-corrected chi connectivity index (χ3v) is 5.71. The third-order valence-electron chi connectivity index (χ3n) is 2.82. The molecule has 0 unspecified atom stereocenters. The summed E-state index contributed by atoms with van der Waals surface area (Å²) in [5.74, 6) is 0. The van der Waals surface area contributed by atoms with Crippen LogP contribution in [0.2, 0.25) is 0 Å². The lowest BCUT2D eigenvalue weighted by molar-refractivity contribution is 0.281. The molecule has 0 aromatic heterocycles. The number of hydrogen-bond acceptors (Lipinski definition) is 3. The van der Waals surface area contributed by atoms with Crippen LogP contribution in [0.15, 0.2) is 56.3 Å². The van der Waals surface area contributed by atoms with Crippen LogP contribution < -0.4 is 4.72 Å². The number of sulfonamides is 1. The van der Waals surface area contributed by atoms with Crippen molar-refractivity contribution in [2.45, 2.75) is 18.0 Å². The molecule has 0 aliphatic rings. The molecule has 2 rings (SSSR count). The van der Waals surface area contributed by atoms with Gasteiger partial charge in [-0.2, -0.15) is 0 Å². The van der Waals surface area contributed by atoms with E-state index in [2.05, 4.69) is 36.6 Å². The SMILES string of the molecule is O=S(=O)(NCc1cccc(Br)c1)c1cc(CO)ccc1Br. The minimum Gasteiger partial charge on any atom is -0.392 e. The number of aliphatic hydroxyl groups excluding tert-OH is 1. The number of hydrogen-bond donors (Lipinski definition) is 2. The first-order chi connectivity index (χ1) is 9.92. The zero-order valence-corrected chi connectivity index (χ0v) is 14.9. The van der Waals surface area contributed by atoms with Gasteiger partial charge in [0.25, 0.3) is 0 Å². The topological polar surface area (TPSA) is 66.4 Å². The molecule has 0 heterocycles. The standard InChI is InChI=1S/C14H13Br2NO3S/c15-12-3-1-2-10(6-12)8-17-21(19,20)14-7-11(9-18)4-5-13(14)16/h1-7,17-18H,8-9H2. The van der Waals surface area contributed by atoms with Gasteiger partial charge in [-0.1, -0.05) is 34.1 Å². The van der Waals surface area contributed by atoms with Crippen molar-refractivity contribution in [3.8, 4) is 0 Å². The Bertz CT molecular complexity index is 748. The summed E-state index contributed by atoms with van der Waals surface area (Å²) in [5, 5.41) is 9.12. The fourth-order valence-corrected chi connectivity index (χ4v) is 4.23. The molecule has 0 bridgehead atoms. The monoisotopic (exact) mass is 433 g/mol. The first kappa shape index (κ1) is 16.6. The van der Waals surface area contributed by atoms with Crippen molar-refractivity contribution in [2.75, 3.05) is 0 Å². The summed E-state index contributed by atoms with van der Waals surface area (Å²) in [6.45, 7) is -0.0149. The van der Waals surface area contributed by atoms with Crippen LogP contribution in [0.1, 0.15) is 11.1 Å². The van der Waals surface area contributed by atoms with E-state index in [1.165, 1.54) is 6.07 Å². The molecule has 0 amide bonds. The van der Waals surface area contributed by atoms with Gasteiger partial charge in [-0.3, -0.25) is 0 Å². The van der Waals surface area contributed by atoms with Gasteiger partial charge in [-0.15, -0.1) is 0 Å². The Balaban J connectivity index is 2.22. The maximum Gasteiger partial charge on any atom is 0.242 e. The summed E-state index contributed by atoms with van der Waals surface area (Å²) in [7, 11) is -3.66. The van der Waals surface area contributed by atoms with Crippen molar-refractivity contribution in [1.82, 2.24) is 4.72 Å². The van der Waals surface area contributed by atoms with E-state index in [0.717, 1.165) is 10.0 Å². The van der Waals surface area contributed by atoms with E-state index in [1.807, 2.05) is 24.3 Å². The summed E-state index contributed by atoms with van der Waals surface area (Å²) >= 11 is 6.57. The molecule has 2 N–H and O–H groups in total. The quantitative estimate of drug-likeness (QED) is 0.759. The summed E-state index contributed by atoms with van der Waals surface area (Å²) in [4.78, 5) is 0.115. The number of aliphatic hydroxyl groups is 1. The van der Waals surface area contributed by atoms with Crippen LogP contribution in [0.25, 0.3) is 0 Å². The molecule has 7 heteroatoms. The lowest BCUT2D eigenvalue weighted by atomic mass is 10.2. The maximum atomic E-state index is 12.3. The molecular weight excluding hydrogens is 422 g/mol. The lowest BCUT2D eigenvalue weighted by Crippen LogP contribution is -2.23. The van der Waals surface area contributed by atoms with Gasteiger partial charge in [-0.25, -0.2) is 13.1 Å². The number of nitrogens with one attached hydrogen (secondary N) is 1. The molecule has 0 spiro atoms. The Labute approximate surface area is 140 Å². The van der Waals surface area contributed by atoms with Crippen LogP contribution in [0.5, 0.6) is 0 Å². The van der Waals surface area contributed by atoms with Gasteiger partial charge < -0.3 is 5.11 Å². The molecule has 0 aliphatic carbocycles. The second kappa shape index (κ2) is 7.02. The van der Waals surface area contributed by atoms with Crippen molar-refractivity contribution in [2.24, 2.45) is 0 Å². The lowest BCUT2D eigenvalue weighted by Gasteiger charge is -2.10. The zero-order chi connectivity index (χ0) is 15.5. The Morgan fingerprint density at radius 2 is 1.81 bits per heavy atom. The van der Waals surface area contributed by atoms with E-state index in [1.54, 1.807) is 12.1 Å². The van der Waals surface area contributed by atoms with Gasteiger partial charge in [0.05, 0.1) is 11.5 Å². The fraction of sp³-hybridized carbons (Fsp3) is 0.143. The summed E-state index contributed by atoms with van der Waals surface area (Å²) in [6.07, 6.45) is 0. The van der Waals surface area contributed by atoms with Crippen molar-refractivity contribution >= 4 is 41.9 Å². The van der Waals surface area contributed by atoms with Crippen molar-refractivity contribution in [1.29, 1.82) is 0 Å².